The summed E-state index contributed by atoms with van der Waals surface area (Å²) in [4.78, 5) is 26.1. The molecule has 2 aromatic rings. The van der Waals surface area contributed by atoms with Crippen LogP contribution in [0.5, 0.6) is 0 Å². The molecule has 0 aliphatic rings. The van der Waals surface area contributed by atoms with Crippen LogP contribution in [0.3, 0.4) is 0 Å². The molecule has 0 spiro atoms. The molecule has 0 aliphatic heterocycles. The molecule has 0 saturated carbocycles. The number of rotatable bonds is 3. The van der Waals surface area contributed by atoms with Gasteiger partial charge in [0.15, 0.2) is 5.78 Å². The number of ketones is 1. The van der Waals surface area contributed by atoms with Crippen molar-refractivity contribution >= 4 is 11.7 Å². The fraction of sp³-hybridized carbons (Fsp3) is 0.176. The second kappa shape index (κ2) is 5.70. The number of carbonyl (C=O) groups excluding carboxylic acids is 2. The molecule has 1 amide bonds. The van der Waals surface area contributed by atoms with Crippen molar-refractivity contribution in [3.8, 4) is 0 Å². The van der Waals surface area contributed by atoms with Crippen LogP contribution in [0.15, 0.2) is 48.5 Å². The number of carbonyl (C=O) groups is 2. The van der Waals surface area contributed by atoms with E-state index in [0.29, 0.717) is 16.7 Å². The Balaban J connectivity index is 2.45. The molecule has 0 radical (unpaired) electrons. The topological polar surface area (TPSA) is 37.4 Å². The van der Waals surface area contributed by atoms with Gasteiger partial charge in [-0.2, -0.15) is 0 Å². The first-order chi connectivity index (χ1) is 9.50. The molecule has 0 unspecified atom stereocenters. The molecule has 0 saturated heterocycles. The zero-order chi connectivity index (χ0) is 14.7. The van der Waals surface area contributed by atoms with E-state index in [4.69, 9.17) is 0 Å². The van der Waals surface area contributed by atoms with Gasteiger partial charge in [-0.15, -0.1) is 0 Å². The summed E-state index contributed by atoms with van der Waals surface area (Å²) in [5.41, 5.74) is 2.56. The Kier molecular flexibility index (Phi) is 3.99. The first-order valence-electron chi connectivity index (χ1n) is 6.42. The van der Waals surface area contributed by atoms with E-state index in [-0.39, 0.29) is 11.7 Å². The summed E-state index contributed by atoms with van der Waals surface area (Å²) < 4.78 is 0. The van der Waals surface area contributed by atoms with Gasteiger partial charge < -0.3 is 4.90 Å². The quantitative estimate of drug-likeness (QED) is 0.802. The molecule has 102 valence electrons. The lowest BCUT2D eigenvalue weighted by molar-refractivity contribution is 0.0822. The van der Waals surface area contributed by atoms with Gasteiger partial charge in [0.05, 0.1) is 5.56 Å². The largest absolute Gasteiger partial charge is 0.345 e. The van der Waals surface area contributed by atoms with Crippen LogP contribution in [0.2, 0.25) is 0 Å². The predicted octanol–water partition coefficient (Wildman–Crippen LogP) is 2.93. The average molecular weight is 267 g/mol. The van der Waals surface area contributed by atoms with E-state index in [2.05, 4.69) is 0 Å². The van der Waals surface area contributed by atoms with E-state index in [1.807, 2.05) is 19.1 Å². The summed E-state index contributed by atoms with van der Waals surface area (Å²) in [6, 6.07) is 14.3. The van der Waals surface area contributed by atoms with Crippen LogP contribution >= 0.6 is 0 Å². The highest BCUT2D eigenvalue weighted by atomic mass is 16.2. The smallest absolute Gasteiger partial charge is 0.254 e. The highest BCUT2D eigenvalue weighted by molar-refractivity contribution is 6.15. The average Bonchev–Trinajstić information content (AvgIpc) is 2.46. The van der Waals surface area contributed by atoms with Gasteiger partial charge in [-0.3, -0.25) is 9.59 Å². The molecule has 0 bridgehead atoms. The Labute approximate surface area is 118 Å². The molecule has 0 heterocycles. The normalized spacial score (nSPS) is 10.2. The summed E-state index contributed by atoms with van der Waals surface area (Å²) in [5, 5.41) is 0. The maximum Gasteiger partial charge on any atom is 0.254 e. The van der Waals surface area contributed by atoms with Crippen molar-refractivity contribution in [3.05, 3.63) is 70.8 Å². The van der Waals surface area contributed by atoms with Gasteiger partial charge in [0.1, 0.15) is 0 Å². The lowest BCUT2D eigenvalue weighted by Gasteiger charge is -2.13. The molecular weight excluding hydrogens is 250 g/mol. The van der Waals surface area contributed by atoms with Gasteiger partial charge in [0.2, 0.25) is 0 Å². The molecule has 0 atom stereocenters. The number of hydrogen-bond donors (Lipinski definition) is 0. The second-order valence-corrected chi connectivity index (χ2v) is 4.94. The van der Waals surface area contributed by atoms with E-state index in [1.54, 1.807) is 50.5 Å². The SMILES string of the molecule is Cc1ccc(C(=O)c2ccccc2C(=O)N(C)C)cc1. The minimum Gasteiger partial charge on any atom is -0.345 e. The molecule has 20 heavy (non-hydrogen) atoms. The Bertz CT molecular complexity index is 642. The van der Waals surface area contributed by atoms with E-state index in [9.17, 15) is 9.59 Å². The minimum absolute atomic E-state index is 0.129. The maximum atomic E-state index is 12.5. The summed E-state index contributed by atoms with van der Waals surface area (Å²) in [6.45, 7) is 1.97. The Hall–Kier alpha value is -2.42. The highest BCUT2D eigenvalue weighted by Gasteiger charge is 2.18. The van der Waals surface area contributed by atoms with Crippen molar-refractivity contribution in [2.45, 2.75) is 6.92 Å². The van der Waals surface area contributed by atoms with Gasteiger partial charge in [-0.05, 0) is 13.0 Å². The summed E-state index contributed by atoms with van der Waals surface area (Å²) in [6.07, 6.45) is 0. The van der Waals surface area contributed by atoms with Crippen LogP contribution in [0.25, 0.3) is 0 Å². The molecular formula is C17H17NO2. The van der Waals surface area contributed by atoms with E-state index >= 15 is 0 Å². The van der Waals surface area contributed by atoms with Crippen molar-refractivity contribution in [3.63, 3.8) is 0 Å². The monoisotopic (exact) mass is 267 g/mol. The minimum atomic E-state index is -0.166. The third-order valence-electron chi connectivity index (χ3n) is 3.12. The van der Waals surface area contributed by atoms with Crippen LogP contribution in [0.4, 0.5) is 0 Å². The Morgan fingerprint density at radius 2 is 1.40 bits per heavy atom. The van der Waals surface area contributed by atoms with Gasteiger partial charge >= 0.3 is 0 Å². The molecule has 0 N–H and O–H groups in total. The van der Waals surface area contributed by atoms with Crippen LogP contribution in [-0.2, 0) is 0 Å². The van der Waals surface area contributed by atoms with Crippen LogP contribution in [0.1, 0.15) is 31.8 Å². The van der Waals surface area contributed by atoms with Gasteiger partial charge in [0.25, 0.3) is 5.91 Å². The van der Waals surface area contributed by atoms with Crippen molar-refractivity contribution in [2.75, 3.05) is 14.1 Å². The second-order valence-electron chi connectivity index (χ2n) is 4.94. The third kappa shape index (κ3) is 2.77. The zero-order valence-corrected chi connectivity index (χ0v) is 11.9. The molecule has 3 nitrogen and oxygen atoms in total. The molecule has 0 aliphatic carbocycles. The first kappa shape index (κ1) is 14.0. The van der Waals surface area contributed by atoms with Gasteiger partial charge in [-0.1, -0.05) is 48.0 Å². The van der Waals surface area contributed by atoms with Crippen molar-refractivity contribution < 1.29 is 9.59 Å². The third-order valence-corrected chi connectivity index (χ3v) is 3.12. The molecule has 0 aromatic heterocycles. The van der Waals surface area contributed by atoms with Crippen molar-refractivity contribution in [2.24, 2.45) is 0 Å². The number of hydrogen-bond acceptors (Lipinski definition) is 2. The van der Waals surface area contributed by atoms with Crippen molar-refractivity contribution in [1.82, 2.24) is 4.90 Å². The number of nitrogens with zero attached hydrogens (tertiary/aromatic N) is 1. The van der Waals surface area contributed by atoms with E-state index < -0.39 is 0 Å². The highest BCUT2D eigenvalue weighted by Crippen LogP contribution is 2.16. The van der Waals surface area contributed by atoms with E-state index in [1.165, 1.54) is 4.90 Å². The molecule has 2 aromatic carbocycles. The van der Waals surface area contributed by atoms with Gasteiger partial charge in [0, 0.05) is 25.2 Å². The fourth-order valence-electron chi connectivity index (χ4n) is 1.97. The number of amides is 1. The number of aryl methyl sites for hydroxylation is 1. The van der Waals surface area contributed by atoms with Crippen LogP contribution in [0, 0.1) is 6.92 Å². The lowest BCUT2D eigenvalue weighted by Crippen LogP contribution is -2.24. The summed E-state index contributed by atoms with van der Waals surface area (Å²) in [5.74, 6) is -0.295. The predicted molar refractivity (Wildman–Crippen MR) is 79.1 cm³/mol. The lowest BCUT2D eigenvalue weighted by atomic mass is 9.97. The molecule has 0 fully saturated rings. The van der Waals surface area contributed by atoms with Crippen molar-refractivity contribution in [1.29, 1.82) is 0 Å². The zero-order valence-electron chi connectivity index (χ0n) is 11.9. The molecule has 2 rings (SSSR count). The maximum absolute atomic E-state index is 12.5. The van der Waals surface area contributed by atoms with Gasteiger partial charge in [-0.25, -0.2) is 0 Å². The van der Waals surface area contributed by atoms with Crippen LogP contribution in [-0.4, -0.2) is 30.7 Å². The summed E-state index contributed by atoms with van der Waals surface area (Å²) >= 11 is 0. The standard InChI is InChI=1S/C17H17NO2/c1-12-8-10-13(11-9-12)16(19)14-6-4-5-7-15(14)17(20)18(2)3/h4-11H,1-3H3. The summed E-state index contributed by atoms with van der Waals surface area (Å²) in [7, 11) is 3.35. The fourth-order valence-corrected chi connectivity index (χ4v) is 1.97. The first-order valence-corrected chi connectivity index (χ1v) is 6.42. The number of benzene rings is 2. The Morgan fingerprint density at radius 1 is 0.850 bits per heavy atom. The van der Waals surface area contributed by atoms with E-state index in [0.717, 1.165) is 5.56 Å². The van der Waals surface area contributed by atoms with Crippen LogP contribution < -0.4 is 0 Å². The molecule has 3 heteroatoms. The Morgan fingerprint density at radius 3 is 1.95 bits per heavy atom.